The van der Waals surface area contributed by atoms with E-state index in [0.29, 0.717) is 28.3 Å². The van der Waals surface area contributed by atoms with Crippen molar-refractivity contribution in [3.05, 3.63) is 112 Å². The van der Waals surface area contributed by atoms with Crippen LogP contribution in [0.15, 0.2) is 89.7 Å². The number of amides is 1. The van der Waals surface area contributed by atoms with Gasteiger partial charge in [-0.15, -0.1) is 5.10 Å². The molecule has 166 valence electrons. The Morgan fingerprint density at radius 1 is 1.00 bits per heavy atom. The lowest BCUT2D eigenvalue weighted by molar-refractivity contribution is 0.102. The third-order valence-corrected chi connectivity index (χ3v) is 4.75. The Morgan fingerprint density at radius 2 is 1.79 bits per heavy atom. The summed E-state index contributed by atoms with van der Waals surface area (Å²) in [5.74, 6) is 0.179. The minimum atomic E-state index is -0.360. The summed E-state index contributed by atoms with van der Waals surface area (Å²) in [5.41, 5.74) is 1.76. The van der Waals surface area contributed by atoms with Gasteiger partial charge in [0, 0.05) is 29.4 Å². The van der Waals surface area contributed by atoms with Crippen LogP contribution < -0.4 is 20.3 Å². The molecule has 0 aliphatic heterocycles. The Balaban J connectivity index is 1.48. The third kappa shape index (κ3) is 5.43. The van der Waals surface area contributed by atoms with Crippen molar-refractivity contribution in [2.24, 2.45) is 0 Å². The molecule has 0 bridgehead atoms. The van der Waals surface area contributed by atoms with Gasteiger partial charge in [0.2, 0.25) is 5.88 Å². The fourth-order valence-electron chi connectivity index (χ4n) is 3.10. The van der Waals surface area contributed by atoms with Crippen LogP contribution in [0.1, 0.15) is 15.9 Å². The van der Waals surface area contributed by atoms with E-state index in [1.807, 2.05) is 0 Å². The van der Waals surface area contributed by atoms with E-state index in [9.17, 15) is 14.0 Å². The van der Waals surface area contributed by atoms with E-state index >= 15 is 0 Å². The van der Waals surface area contributed by atoms with Gasteiger partial charge in [-0.3, -0.25) is 9.59 Å². The Bertz CT molecular complexity index is 1340. The summed E-state index contributed by atoms with van der Waals surface area (Å²) in [7, 11) is 1.55. The highest BCUT2D eigenvalue weighted by molar-refractivity contribution is 6.04. The molecule has 0 fully saturated rings. The highest BCUT2D eigenvalue weighted by atomic mass is 19.1. The zero-order chi connectivity index (χ0) is 23.2. The number of hydrogen-bond donors (Lipinski definition) is 1. The van der Waals surface area contributed by atoms with E-state index in [2.05, 4.69) is 10.4 Å². The van der Waals surface area contributed by atoms with Crippen molar-refractivity contribution in [1.82, 2.24) is 9.78 Å². The minimum absolute atomic E-state index is 0.104. The number of ether oxygens (including phenoxy) is 2. The summed E-state index contributed by atoms with van der Waals surface area (Å²) in [6.07, 6.45) is 0. The van der Waals surface area contributed by atoms with Crippen LogP contribution >= 0.6 is 0 Å². The molecule has 4 aromatic rings. The topological polar surface area (TPSA) is 82.4 Å². The number of rotatable bonds is 7. The van der Waals surface area contributed by atoms with E-state index in [-0.39, 0.29) is 29.8 Å². The maximum atomic E-state index is 13.3. The molecule has 0 saturated carbocycles. The SMILES string of the molecule is COc1cccc(NC(=O)c2ccc(-n3nc(OCc4cccc(F)c4)ccc3=O)cc2)c1. The second-order valence-electron chi connectivity index (χ2n) is 7.07. The number of nitrogens with zero attached hydrogens (tertiary/aromatic N) is 2. The first-order valence-corrected chi connectivity index (χ1v) is 10.1. The van der Waals surface area contributed by atoms with Crippen molar-refractivity contribution >= 4 is 11.6 Å². The Hall–Kier alpha value is -4.46. The number of nitrogens with one attached hydrogen (secondary N) is 1. The van der Waals surface area contributed by atoms with Crippen LogP contribution in [0.4, 0.5) is 10.1 Å². The third-order valence-electron chi connectivity index (χ3n) is 4.75. The number of methoxy groups -OCH3 is 1. The van der Waals surface area contributed by atoms with Crippen LogP contribution in [-0.4, -0.2) is 22.8 Å². The molecule has 8 heteroatoms. The van der Waals surface area contributed by atoms with Gasteiger partial charge in [0.05, 0.1) is 12.8 Å². The maximum absolute atomic E-state index is 13.3. The molecule has 0 spiro atoms. The quantitative estimate of drug-likeness (QED) is 0.461. The van der Waals surface area contributed by atoms with Crippen molar-refractivity contribution in [3.8, 4) is 17.3 Å². The van der Waals surface area contributed by atoms with Gasteiger partial charge in [0.25, 0.3) is 11.5 Å². The van der Waals surface area contributed by atoms with Gasteiger partial charge in [0.1, 0.15) is 18.2 Å². The molecule has 1 amide bonds. The summed E-state index contributed by atoms with van der Waals surface area (Å²) >= 11 is 0. The average Bonchev–Trinajstić information content (AvgIpc) is 2.84. The van der Waals surface area contributed by atoms with Gasteiger partial charge in [-0.05, 0) is 54.1 Å². The predicted molar refractivity (Wildman–Crippen MR) is 122 cm³/mol. The van der Waals surface area contributed by atoms with E-state index in [0.717, 1.165) is 0 Å². The largest absolute Gasteiger partial charge is 0.497 e. The summed E-state index contributed by atoms with van der Waals surface area (Å²) in [4.78, 5) is 24.9. The first kappa shape index (κ1) is 21.8. The molecule has 1 N–H and O–H groups in total. The zero-order valence-electron chi connectivity index (χ0n) is 17.7. The molecule has 4 rings (SSSR count). The monoisotopic (exact) mass is 445 g/mol. The molecule has 0 aliphatic rings. The summed E-state index contributed by atoms with van der Waals surface area (Å²) in [6, 6.07) is 22.3. The number of aromatic nitrogens is 2. The normalized spacial score (nSPS) is 10.5. The molecular weight excluding hydrogens is 425 g/mol. The van der Waals surface area contributed by atoms with E-state index in [4.69, 9.17) is 9.47 Å². The number of carbonyl (C=O) groups excluding carboxylic acids is 1. The molecule has 3 aromatic carbocycles. The smallest absolute Gasteiger partial charge is 0.271 e. The molecule has 1 aromatic heterocycles. The molecule has 0 unspecified atom stereocenters. The first-order valence-electron chi connectivity index (χ1n) is 10.1. The van der Waals surface area contributed by atoms with Crippen LogP contribution in [0.2, 0.25) is 0 Å². The molecule has 0 radical (unpaired) electrons. The van der Waals surface area contributed by atoms with Crippen molar-refractivity contribution < 1.29 is 18.7 Å². The van der Waals surface area contributed by atoms with E-state index in [1.54, 1.807) is 67.8 Å². The predicted octanol–water partition coefficient (Wildman–Crippen LogP) is 4.21. The van der Waals surface area contributed by atoms with Crippen molar-refractivity contribution in [2.75, 3.05) is 12.4 Å². The standard InChI is InChI=1S/C25H20FN3O4/c1-32-22-7-3-6-20(15-22)27-25(31)18-8-10-21(11-9-18)29-24(30)13-12-23(28-29)33-16-17-4-2-5-19(26)14-17/h2-15H,16H2,1H3,(H,27,31). The summed E-state index contributed by atoms with van der Waals surface area (Å²) in [6.45, 7) is 0.104. The van der Waals surface area contributed by atoms with Crippen LogP contribution in [0.5, 0.6) is 11.6 Å². The van der Waals surface area contributed by atoms with Crippen LogP contribution in [0, 0.1) is 5.82 Å². The minimum Gasteiger partial charge on any atom is -0.497 e. The van der Waals surface area contributed by atoms with Crippen molar-refractivity contribution in [1.29, 1.82) is 0 Å². The number of halogens is 1. The summed E-state index contributed by atoms with van der Waals surface area (Å²) in [5, 5.41) is 7.01. The second-order valence-corrected chi connectivity index (χ2v) is 7.07. The highest BCUT2D eigenvalue weighted by Gasteiger charge is 2.09. The Kier molecular flexibility index (Phi) is 6.45. The molecule has 0 atom stereocenters. The molecule has 0 aliphatic carbocycles. The van der Waals surface area contributed by atoms with Crippen molar-refractivity contribution in [3.63, 3.8) is 0 Å². The lowest BCUT2D eigenvalue weighted by Gasteiger charge is -2.10. The highest BCUT2D eigenvalue weighted by Crippen LogP contribution is 2.18. The molecule has 7 nitrogen and oxygen atoms in total. The molecule has 1 heterocycles. The van der Waals surface area contributed by atoms with Crippen LogP contribution in [-0.2, 0) is 6.61 Å². The number of benzene rings is 3. The van der Waals surface area contributed by atoms with Crippen molar-refractivity contribution in [2.45, 2.75) is 6.61 Å². The van der Waals surface area contributed by atoms with Gasteiger partial charge >= 0.3 is 0 Å². The zero-order valence-corrected chi connectivity index (χ0v) is 17.7. The van der Waals surface area contributed by atoms with Gasteiger partial charge in [0.15, 0.2) is 0 Å². The first-order chi connectivity index (χ1) is 16.0. The maximum Gasteiger partial charge on any atom is 0.271 e. The Morgan fingerprint density at radius 3 is 2.55 bits per heavy atom. The Labute approximate surface area is 189 Å². The average molecular weight is 445 g/mol. The van der Waals surface area contributed by atoms with Gasteiger partial charge < -0.3 is 14.8 Å². The lowest BCUT2D eigenvalue weighted by atomic mass is 10.2. The molecular formula is C25H20FN3O4. The molecule has 0 saturated heterocycles. The summed E-state index contributed by atoms with van der Waals surface area (Å²) < 4.78 is 25.3. The fraction of sp³-hybridized carbons (Fsp3) is 0.0800. The van der Waals surface area contributed by atoms with Gasteiger partial charge in [-0.1, -0.05) is 18.2 Å². The van der Waals surface area contributed by atoms with Crippen LogP contribution in [0.25, 0.3) is 5.69 Å². The van der Waals surface area contributed by atoms with E-state index < -0.39 is 0 Å². The van der Waals surface area contributed by atoms with Gasteiger partial charge in [-0.2, -0.15) is 4.68 Å². The van der Waals surface area contributed by atoms with Crippen LogP contribution in [0.3, 0.4) is 0 Å². The number of hydrogen-bond acceptors (Lipinski definition) is 5. The number of anilines is 1. The fourth-order valence-corrected chi connectivity index (χ4v) is 3.10. The second kappa shape index (κ2) is 9.78. The van der Waals surface area contributed by atoms with Gasteiger partial charge in [-0.25, -0.2) is 4.39 Å². The van der Waals surface area contributed by atoms with E-state index in [1.165, 1.54) is 28.9 Å². The molecule has 33 heavy (non-hydrogen) atoms. The lowest BCUT2D eigenvalue weighted by Crippen LogP contribution is -2.20. The number of carbonyl (C=O) groups is 1.